The van der Waals surface area contributed by atoms with Crippen molar-refractivity contribution >= 4 is 29.1 Å². The Morgan fingerprint density at radius 1 is 1.00 bits per heavy atom. The molecule has 51 heavy (non-hydrogen) atoms. The number of carbonyl (C=O) groups is 4. The highest BCUT2D eigenvalue weighted by molar-refractivity contribution is 6.31. The van der Waals surface area contributed by atoms with E-state index in [1.165, 1.54) is 32.2 Å². The number of hydrogen-bond acceptors (Lipinski definition) is 13. The van der Waals surface area contributed by atoms with E-state index in [9.17, 15) is 39.6 Å². The summed E-state index contributed by atoms with van der Waals surface area (Å²) in [5, 5.41) is 50.3. The van der Waals surface area contributed by atoms with Gasteiger partial charge in [-0.05, 0) is 44.6 Å². The van der Waals surface area contributed by atoms with E-state index in [1.807, 2.05) is 6.92 Å². The number of benzene rings is 2. The van der Waals surface area contributed by atoms with E-state index in [2.05, 4.69) is 16.0 Å². The van der Waals surface area contributed by atoms with Crippen molar-refractivity contribution in [3.63, 3.8) is 0 Å². The molecule has 10 N–H and O–H groups in total. The maximum absolute atomic E-state index is 13.9. The normalized spacial score (nSPS) is 25.8. The third kappa shape index (κ3) is 7.48. The highest BCUT2D eigenvalue weighted by Gasteiger charge is 2.48. The van der Waals surface area contributed by atoms with Crippen LogP contribution in [0.4, 0.5) is 0 Å². The Kier molecular flexibility index (Phi) is 11.5. The number of hydrazone groups is 1. The molecule has 2 aromatic rings. The third-order valence-electron chi connectivity index (χ3n) is 10.4. The Balaban J connectivity index is 1.46. The third-order valence-corrected chi connectivity index (χ3v) is 10.4. The fourth-order valence-corrected chi connectivity index (χ4v) is 7.47. The van der Waals surface area contributed by atoms with Crippen LogP contribution in [0.25, 0.3) is 0 Å². The average Bonchev–Trinajstić information content (AvgIpc) is 3.10. The molecule has 0 aliphatic heterocycles. The summed E-state index contributed by atoms with van der Waals surface area (Å²) in [7, 11) is 1.35. The molecule has 3 aliphatic carbocycles. The van der Waals surface area contributed by atoms with E-state index < -0.39 is 70.1 Å². The molecule has 0 spiro atoms. The number of phenols is 2. The Labute approximate surface area is 295 Å². The van der Waals surface area contributed by atoms with Gasteiger partial charge in [0.15, 0.2) is 5.78 Å². The van der Waals surface area contributed by atoms with Gasteiger partial charge >= 0.3 is 0 Å². The predicted molar refractivity (Wildman–Crippen MR) is 184 cm³/mol. The van der Waals surface area contributed by atoms with Gasteiger partial charge in [0.25, 0.3) is 0 Å². The molecular formula is C36H47N5O10. The molecule has 0 bridgehead atoms. The highest BCUT2D eigenvalue weighted by Crippen LogP contribution is 2.52. The number of methoxy groups -OCH3 is 1. The van der Waals surface area contributed by atoms with E-state index >= 15 is 0 Å². The second kappa shape index (κ2) is 15.5. The number of carbonyl (C=O) groups excluding carboxylic acids is 4. The largest absolute Gasteiger partial charge is 0.507 e. The molecule has 2 aromatic carbocycles. The Hall–Kier alpha value is -4.41. The summed E-state index contributed by atoms with van der Waals surface area (Å²) < 4.78 is 11.9. The summed E-state index contributed by atoms with van der Waals surface area (Å²) in [4.78, 5) is 51.7. The fraction of sp³-hybridized carbons (Fsp3) is 0.528. The lowest BCUT2D eigenvalue weighted by Gasteiger charge is -2.43. The average molecular weight is 710 g/mol. The van der Waals surface area contributed by atoms with Gasteiger partial charge in [0.2, 0.25) is 17.6 Å². The van der Waals surface area contributed by atoms with Gasteiger partial charge in [0, 0.05) is 48.4 Å². The molecule has 1 fully saturated rings. The fourth-order valence-electron chi connectivity index (χ4n) is 7.47. The minimum Gasteiger partial charge on any atom is -0.507 e. The molecule has 3 aliphatic rings. The Bertz CT molecular complexity index is 1730. The lowest BCUT2D eigenvalue weighted by atomic mass is 9.71. The van der Waals surface area contributed by atoms with Crippen molar-refractivity contribution in [1.29, 1.82) is 0 Å². The second-order valence-corrected chi connectivity index (χ2v) is 13.9. The lowest BCUT2D eigenvalue weighted by molar-refractivity contribution is -0.122. The standard InChI is InChI=1S/C36H47N5O10/c1-17-13-19(14-22(37)31(17)44)51-24-16-36(49,18(2)40-41-26(43)12-7-5-4-6-11-25(42)39-38)15-21-28(24)35(48)30-29(33(21)46)32(45)20-9-8-10-23(50-3)27(20)34(30)47/h8-10,17,19,22,24,31,44,46,48-49H,4-7,11-16,37-38H2,1-3H3,(H,39,42)(H,41,43)/b40-18+/t17?,19?,22?,24?,31?,36-/m0/s1. The quantitative estimate of drug-likeness (QED) is 0.0335. The van der Waals surface area contributed by atoms with Crippen LogP contribution in [-0.4, -0.2) is 80.5 Å². The number of aliphatic hydroxyl groups excluding tert-OH is 1. The second-order valence-electron chi connectivity index (χ2n) is 13.9. The first kappa shape index (κ1) is 37.8. The number of ketones is 2. The summed E-state index contributed by atoms with van der Waals surface area (Å²) >= 11 is 0. The molecule has 5 rings (SSSR count). The topological polar surface area (TPSA) is 256 Å². The Morgan fingerprint density at radius 2 is 1.67 bits per heavy atom. The van der Waals surface area contributed by atoms with E-state index in [4.69, 9.17) is 21.1 Å². The Morgan fingerprint density at radius 3 is 2.31 bits per heavy atom. The van der Waals surface area contributed by atoms with Crippen LogP contribution in [-0.2, 0) is 20.7 Å². The van der Waals surface area contributed by atoms with Gasteiger partial charge in [-0.2, -0.15) is 5.10 Å². The van der Waals surface area contributed by atoms with Crippen molar-refractivity contribution in [3.05, 3.63) is 51.6 Å². The summed E-state index contributed by atoms with van der Waals surface area (Å²) in [6, 6.07) is 3.89. The molecule has 0 heterocycles. The zero-order chi connectivity index (χ0) is 37.2. The first-order valence-electron chi connectivity index (χ1n) is 17.2. The number of fused-ring (bicyclic) bond motifs is 3. The van der Waals surface area contributed by atoms with Gasteiger partial charge < -0.3 is 35.6 Å². The summed E-state index contributed by atoms with van der Waals surface area (Å²) in [6.45, 7) is 3.34. The van der Waals surface area contributed by atoms with Crippen LogP contribution in [0.2, 0.25) is 0 Å². The molecule has 5 unspecified atom stereocenters. The minimum absolute atomic E-state index is 0.00474. The maximum atomic E-state index is 13.9. The van der Waals surface area contributed by atoms with Gasteiger partial charge in [-0.25, -0.2) is 11.3 Å². The maximum Gasteiger partial charge on any atom is 0.240 e. The number of unbranched alkanes of at least 4 members (excludes halogenated alkanes) is 3. The number of nitrogens with zero attached hydrogens (tertiary/aromatic N) is 1. The number of rotatable bonds is 12. The molecule has 15 nitrogen and oxygen atoms in total. The molecule has 6 atom stereocenters. The van der Waals surface area contributed by atoms with Crippen LogP contribution in [0.15, 0.2) is 23.3 Å². The van der Waals surface area contributed by atoms with Gasteiger partial charge in [-0.3, -0.25) is 24.6 Å². The van der Waals surface area contributed by atoms with Gasteiger partial charge in [-0.15, -0.1) is 0 Å². The number of ether oxygens (including phenoxy) is 2. The van der Waals surface area contributed by atoms with Crippen molar-refractivity contribution in [3.8, 4) is 17.2 Å². The molecule has 15 heteroatoms. The molecule has 276 valence electrons. The van der Waals surface area contributed by atoms with Crippen LogP contribution in [0.3, 0.4) is 0 Å². The minimum atomic E-state index is -1.84. The first-order chi connectivity index (χ1) is 24.2. The predicted octanol–water partition coefficient (Wildman–Crippen LogP) is 1.93. The van der Waals surface area contributed by atoms with Crippen LogP contribution in [0.1, 0.15) is 121 Å². The number of nitrogens with two attached hydrogens (primary N) is 2. The van der Waals surface area contributed by atoms with Gasteiger partial charge in [0.1, 0.15) is 22.8 Å². The van der Waals surface area contributed by atoms with Gasteiger partial charge in [-0.1, -0.05) is 31.9 Å². The monoisotopic (exact) mass is 709 g/mol. The van der Waals surface area contributed by atoms with E-state index in [1.54, 1.807) is 0 Å². The number of aromatic hydroxyl groups is 2. The number of hydrazine groups is 1. The molecule has 1 saturated carbocycles. The summed E-state index contributed by atoms with van der Waals surface area (Å²) in [5.41, 5.74) is 8.20. The SMILES string of the molecule is COc1cccc2c1C(=O)c1c(O)c3c(c(O)c1C2=O)C[C@@](O)(/C(C)=N/NC(=O)CCCCCCC(=O)NN)CC3OC1CC(C)C(O)C(N)C1. The highest BCUT2D eigenvalue weighted by atomic mass is 16.5. The molecule has 2 amide bonds. The number of phenolic OH excluding ortho intramolecular Hbond substituents is 2. The van der Waals surface area contributed by atoms with Crippen LogP contribution < -0.4 is 27.2 Å². The summed E-state index contributed by atoms with van der Waals surface area (Å²) in [6.07, 6.45) is 0.820. The molecular weight excluding hydrogens is 662 g/mol. The smallest absolute Gasteiger partial charge is 0.240 e. The van der Waals surface area contributed by atoms with Crippen molar-refractivity contribution in [2.45, 2.75) is 108 Å². The number of amides is 2. The molecule has 0 saturated heterocycles. The number of hydrogen-bond donors (Lipinski definition) is 8. The van der Waals surface area contributed by atoms with E-state index in [0.29, 0.717) is 32.1 Å². The van der Waals surface area contributed by atoms with Crippen LogP contribution >= 0.6 is 0 Å². The number of nitrogens with one attached hydrogen (secondary N) is 2. The van der Waals surface area contributed by atoms with Crippen LogP contribution in [0.5, 0.6) is 17.2 Å². The first-order valence-corrected chi connectivity index (χ1v) is 17.2. The van der Waals surface area contributed by atoms with Gasteiger partial charge in [0.05, 0.1) is 47.8 Å². The van der Waals surface area contributed by atoms with Crippen molar-refractivity contribution in [1.82, 2.24) is 10.9 Å². The summed E-state index contributed by atoms with van der Waals surface area (Å²) in [5.74, 6) is 1.78. The van der Waals surface area contributed by atoms with Crippen molar-refractivity contribution in [2.24, 2.45) is 22.6 Å². The van der Waals surface area contributed by atoms with Crippen LogP contribution in [0, 0.1) is 5.92 Å². The van der Waals surface area contributed by atoms with Crippen molar-refractivity contribution < 1.29 is 49.1 Å². The van der Waals surface area contributed by atoms with E-state index in [0.717, 1.165) is 6.42 Å². The molecule has 0 aromatic heterocycles. The molecule has 0 radical (unpaired) electrons. The zero-order valence-electron chi connectivity index (χ0n) is 29.0. The van der Waals surface area contributed by atoms with E-state index in [-0.39, 0.29) is 71.2 Å². The number of aliphatic hydroxyl groups is 2. The lowest BCUT2D eigenvalue weighted by Crippen LogP contribution is -2.49. The van der Waals surface area contributed by atoms with Crippen molar-refractivity contribution in [2.75, 3.05) is 7.11 Å². The zero-order valence-corrected chi connectivity index (χ0v) is 29.0.